The number of anilines is 1. The smallest absolute Gasteiger partial charge is 0.256 e. The molecule has 4 aromatic rings. The summed E-state index contributed by atoms with van der Waals surface area (Å²) < 4.78 is 0. The summed E-state index contributed by atoms with van der Waals surface area (Å²) in [6, 6.07) is 19.9. The average Bonchev–Trinajstić information content (AvgIpc) is 2.71. The number of benzene rings is 2. The van der Waals surface area contributed by atoms with E-state index in [1.54, 1.807) is 30.5 Å². The number of halogens is 2. The summed E-state index contributed by atoms with van der Waals surface area (Å²) in [6.45, 7) is 0. The van der Waals surface area contributed by atoms with E-state index in [2.05, 4.69) is 15.3 Å². The largest absolute Gasteiger partial charge is 0.321 e. The number of pyridine rings is 2. The number of hydrogen-bond acceptors (Lipinski definition) is 3. The first-order chi connectivity index (χ1) is 13.1. The molecule has 0 atom stereocenters. The van der Waals surface area contributed by atoms with Crippen molar-refractivity contribution in [1.29, 1.82) is 0 Å². The fourth-order valence-corrected chi connectivity index (χ4v) is 3.15. The van der Waals surface area contributed by atoms with Gasteiger partial charge in [-0.1, -0.05) is 53.5 Å². The lowest BCUT2D eigenvalue weighted by molar-refractivity contribution is 0.102. The Kier molecular flexibility index (Phi) is 4.75. The molecule has 0 spiro atoms. The van der Waals surface area contributed by atoms with Crippen molar-refractivity contribution in [2.24, 2.45) is 0 Å². The molecule has 4 rings (SSSR count). The first-order valence-corrected chi connectivity index (χ1v) is 8.95. The second-order valence-corrected chi connectivity index (χ2v) is 6.63. The van der Waals surface area contributed by atoms with E-state index < -0.39 is 0 Å². The van der Waals surface area contributed by atoms with Crippen molar-refractivity contribution >= 4 is 45.7 Å². The Morgan fingerprint density at radius 3 is 2.52 bits per heavy atom. The van der Waals surface area contributed by atoms with Gasteiger partial charge in [-0.15, -0.1) is 0 Å². The van der Waals surface area contributed by atoms with Gasteiger partial charge in [-0.2, -0.15) is 0 Å². The van der Waals surface area contributed by atoms with Crippen LogP contribution in [0.4, 0.5) is 5.69 Å². The zero-order chi connectivity index (χ0) is 18.8. The monoisotopic (exact) mass is 393 g/mol. The third kappa shape index (κ3) is 3.50. The van der Waals surface area contributed by atoms with E-state index in [1.165, 1.54) is 0 Å². The van der Waals surface area contributed by atoms with Crippen LogP contribution in [-0.2, 0) is 0 Å². The topological polar surface area (TPSA) is 54.9 Å². The number of nitrogens with one attached hydrogen (secondary N) is 1. The molecule has 2 aromatic carbocycles. The molecule has 4 nitrogen and oxygen atoms in total. The maximum absolute atomic E-state index is 13.0. The summed E-state index contributed by atoms with van der Waals surface area (Å²) in [5.41, 5.74) is 2.96. The van der Waals surface area contributed by atoms with Crippen LogP contribution in [0, 0.1) is 0 Å². The summed E-state index contributed by atoms with van der Waals surface area (Å²) in [5.74, 6) is -0.296. The maximum Gasteiger partial charge on any atom is 0.256 e. The van der Waals surface area contributed by atoms with Gasteiger partial charge in [0.25, 0.3) is 5.91 Å². The van der Waals surface area contributed by atoms with Crippen molar-refractivity contribution in [3.63, 3.8) is 0 Å². The Hall–Kier alpha value is -2.95. The Balaban J connectivity index is 1.82. The van der Waals surface area contributed by atoms with Crippen molar-refractivity contribution in [3.05, 3.63) is 88.5 Å². The van der Waals surface area contributed by atoms with Crippen LogP contribution in [0.1, 0.15) is 10.4 Å². The molecule has 132 valence electrons. The predicted molar refractivity (Wildman–Crippen MR) is 109 cm³/mol. The van der Waals surface area contributed by atoms with Gasteiger partial charge in [0.15, 0.2) is 0 Å². The van der Waals surface area contributed by atoms with Gasteiger partial charge in [0, 0.05) is 11.6 Å². The lowest BCUT2D eigenvalue weighted by Gasteiger charge is -2.11. The molecule has 0 saturated carbocycles. The average molecular weight is 394 g/mol. The number of amides is 1. The lowest BCUT2D eigenvalue weighted by atomic mass is 10.1. The van der Waals surface area contributed by atoms with E-state index in [4.69, 9.17) is 23.2 Å². The highest BCUT2D eigenvalue weighted by molar-refractivity contribution is 6.44. The molecule has 0 fully saturated rings. The minimum absolute atomic E-state index is 0.296. The molecule has 1 N–H and O–H groups in total. The van der Waals surface area contributed by atoms with Crippen LogP contribution >= 0.6 is 23.2 Å². The van der Waals surface area contributed by atoms with Gasteiger partial charge in [-0.05, 0) is 36.4 Å². The van der Waals surface area contributed by atoms with Crippen LogP contribution in [-0.4, -0.2) is 15.9 Å². The first-order valence-electron chi connectivity index (χ1n) is 8.20. The quantitative estimate of drug-likeness (QED) is 0.474. The van der Waals surface area contributed by atoms with Crippen molar-refractivity contribution in [2.45, 2.75) is 0 Å². The SMILES string of the molecule is O=C(Nc1cccc(Cl)c1Cl)c1cc(-c2ccccn2)nc2ccccc12. The summed E-state index contributed by atoms with van der Waals surface area (Å²) in [6.07, 6.45) is 1.69. The lowest BCUT2D eigenvalue weighted by Crippen LogP contribution is -2.13. The second kappa shape index (κ2) is 7.35. The van der Waals surface area contributed by atoms with E-state index >= 15 is 0 Å². The highest BCUT2D eigenvalue weighted by Crippen LogP contribution is 2.31. The normalized spacial score (nSPS) is 10.7. The minimum Gasteiger partial charge on any atom is -0.321 e. The van der Waals surface area contributed by atoms with Gasteiger partial charge < -0.3 is 5.32 Å². The van der Waals surface area contributed by atoms with Crippen LogP contribution in [0.5, 0.6) is 0 Å². The van der Waals surface area contributed by atoms with Crippen LogP contribution in [0.3, 0.4) is 0 Å². The molecule has 0 radical (unpaired) electrons. The molecule has 6 heteroatoms. The molecule has 27 heavy (non-hydrogen) atoms. The van der Waals surface area contributed by atoms with E-state index in [9.17, 15) is 4.79 Å². The highest BCUT2D eigenvalue weighted by atomic mass is 35.5. The van der Waals surface area contributed by atoms with E-state index in [1.807, 2.05) is 42.5 Å². The molecule has 0 unspecified atom stereocenters. The van der Waals surface area contributed by atoms with Crippen LogP contribution in [0.2, 0.25) is 10.0 Å². The first kappa shape index (κ1) is 17.5. The van der Waals surface area contributed by atoms with Gasteiger partial charge in [0.2, 0.25) is 0 Å². The molecule has 0 aliphatic carbocycles. The highest BCUT2D eigenvalue weighted by Gasteiger charge is 2.16. The van der Waals surface area contributed by atoms with Crippen LogP contribution < -0.4 is 5.32 Å². The number of rotatable bonds is 3. The summed E-state index contributed by atoms with van der Waals surface area (Å²) in [4.78, 5) is 22.0. The van der Waals surface area contributed by atoms with Gasteiger partial charge in [0.1, 0.15) is 0 Å². The molecular formula is C21H13Cl2N3O. The summed E-state index contributed by atoms with van der Waals surface area (Å²) in [7, 11) is 0. The predicted octanol–water partition coefficient (Wildman–Crippen LogP) is 5.86. The Labute approximate surface area is 165 Å². The fourth-order valence-electron chi connectivity index (χ4n) is 2.80. The Bertz CT molecular complexity index is 1150. The van der Waals surface area contributed by atoms with Gasteiger partial charge in [0.05, 0.1) is 38.2 Å². The molecule has 0 aliphatic rings. The summed E-state index contributed by atoms with van der Waals surface area (Å²) >= 11 is 12.2. The van der Waals surface area contributed by atoms with E-state index in [0.717, 1.165) is 5.39 Å². The zero-order valence-electron chi connectivity index (χ0n) is 14.0. The Morgan fingerprint density at radius 2 is 1.70 bits per heavy atom. The summed E-state index contributed by atoms with van der Waals surface area (Å²) in [5, 5.41) is 4.26. The van der Waals surface area contributed by atoms with E-state index in [0.29, 0.717) is 38.2 Å². The molecular weight excluding hydrogens is 381 g/mol. The number of carbonyl (C=O) groups is 1. The van der Waals surface area contributed by atoms with Crippen molar-refractivity contribution in [1.82, 2.24) is 9.97 Å². The number of nitrogens with zero attached hydrogens (tertiary/aromatic N) is 2. The second-order valence-electron chi connectivity index (χ2n) is 5.84. The molecule has 2 aromatic heterocycles. The van der Waals surface area contributed by atoms with Crippen LogP contribution in [0.25, 0.3) is 22.3 Å². The zero-order valence-corrected chi connectivity index (χ0v) is 15.5. The molecule has 0 bridgehead atoms. The molecule has 1 amide bonds. The van der Waals surface area contributed by atoms with Gasteiger partial charge >= 0.3 is 0 Å². The number of aromatic nitrogens is 2. The third-order valence-electron chi connectivity index (χ3n) is 4.09. The number of carbonyl (C=O) groups excluding carboxylic acids is 1. The van der Waals surface area contributed by atoms with Crippen molar-refractivity contribution in [3.8, 4) is 11.4 Å². The number of hydrogen-bond donors (Lipinski definition) is 1. The van der Waals surface area contributed by atoms with E-state index in [-0.39, 0.29) is 5.91 Å². The standard InChI is InChI=1S/C21H13Cl2N3O/c22-15-7-5-10-18(20(15)23)26-21(27)14-12-19(17-9-3-4-11-24-17)25-16-8-2-1-6-13(14)16/h1-12H,(H,26,27). The molecule has 2 heterocycles. The third-order valence-corrected chi connectivity index (χ3v) is 4.91. The Morgan fingerprint density at radius 1 is 0.889 bits per heavy atom. The van der Waals surface area contributed by atoms with Crippen LogP contribution in [0.15, 0.2) is 72.9 Å². The number of para-hydroxylation sites is 1. The van der Waals surface area contributed by atoms with Crippen molar-refractivity contribution in [2.75, 3.05) is 5.32 Å². The maximum atomic E-state index is 13.0. The van der Waals surface area contributed by atoms with Gasteiger partial charge in [-0.25, -0.2) is 4.98 Å². The minimum atomic E-state index is -0.296. The molecule has 0 saturated heterocycles. The number of fused-ring (bicyclic) bond motifs is 1. The fraction of sp³-hybridized carbons (Fsp3) is 0. The van der Waals surface area contributed by atoms with Gasteiger partial charge in [-0.3, -0.25) is 9.78 Å². The molecule has 0 aliphatic heterocycles. The van der Waals surface area contributed by atoms with Crippen molar-refractivity contribution < 1.29 is 4.79 Å².